The third-order valence-electron chi connectivity index (χ3n) is 1.99. The molecule has 5 heteroatoms. The van der Waals surface area contributed by atoms with Gasteiger partial charge in [0.1, 0.15) is 5.69 Å². The first-order valence-corrected chi connectivity index (χ1v) is 4.90. The van der Waals surface area contributed by atoms with Crippen molar-refractivity contribution in [2.24, 2.45) is 7.05 Å². The maximum atomic E-state index is 11.6. The maximum Gasteiger partial charge on any atom is 0.182 e. The summed E-state index contributed by atoms with van der Waals surface area (Å²) >= 11 is 5.83. The van der Waals surface area contributed by atoms with Gasteiger partial charge in [0.25, 0.3) is 0 Å². The molecule has 0 aromatic carbocycles. The van der Waals surface area contributed by atoms with Crippen molar-refractivity contribution in [2.75, 3.05) is 13.6 Å². The van der Waals surface area contributed by atoms with Gasteiger partial charge in [-0.3, -0.25) is 9.48 Å². The summed E-state index contributed by atoms with van der Waals surface area (Å²) in [5.41, 5.74) is 0.503. The normalized spacial score (nSPS) is 10.5. The number of Topliss-reactive ketones (excluding diaryl/α,β-unsaturated/α-hetero) is 1. The Balaban J connectivity index is 2.60. The molecule has 0 amide bonds. The highest BCUT2D eigenvalue weighted by molar-refractivity contribution is 6.33. The van der Waals surface area contributed by atoms with Crippen LogP contribution in [-0.4, -0.2) is 29.2 Å². The van der Waals surface area contributed by atoms with Crippen LogP contribution in [-0.2, 0) is 7.05 Å². The van der Waals surface area contributed by atoms with Crippen LogP contribution in [0.1, 0.15) is 23.3 Å². The number of aromatic nitrogens is 2. The molecule has 1 aromatic rings. The largest absolute Gasteiger partial charge is 0.320 e. The van der Waals surface area contributed by atoms with E-state index < -0.39 is 0 Å². The Morgan fingerprint density at radius 1 is 1.71 bits per heavy atom. The van der Waals surface area contributed by atoms with E-state index in [2.05, 4.69) is 10.4 Å². The Labute approximate surface area is 88.2 Å². The molecule has 0 radical (unpaired) electrons. The Morgan fingerprint density at radius 2 is 2.43 bits per heavy atom. The average Bonchev–Trinajstić information content (AvgIpc) is 2.46. The van der Waals surface area contributed by atoms with Gasteiger partial charge in [0.15, 0.2) is 5.78 Å². The van der Waals surface area contributed by atoms with Crippen LogP contribution in [0, 0.1) is 0 Å². The van der Waals surface area contributed by atoms with E-state index in [1.54, 1.807) is 7.05 Å². The molecule has 0 spiro atoms. The van der Waals surface area contributed by atoms with Crippen molar-refractivity contribution in [3.63, 3.8) is 0 Å². The lowest BCUT2D eigenvalue weighted by Gasteiger charge is -2.01. The van der Waals surface area contributed by atoms with Crippen LogP contribution in [0.25, 0.3) is 0 Å². The van der Waals surface area contributed by atoms with Gasteiger partial charge in [-0.15, -0.1) is 0 Å². The second-order valence-corrected chi connectivity index (χ2v) is 3.50. The molecule has 1 aromatic heterocycles. The van der Waals surface area contributed by atoms with E-state index in [-0.39, 0.29) is 5.78 Å². The predicted octanol–water partition coefficient (Wildman–Crippen LogP) is 1.26. The fourth-order valence-electron chi connectivity index (χ4n) is 1.27. The zero-order chi connectivity index (χ0) is 10.6. The van der Waals surface area contributed by atoms with E-state index in [0.717, 1.165) is 13.0 Å². The lowest BCUT2D eigenvalue weighted by atomic mass is 10.1. The van der Waals surface area contributed by atoms with Crippen molar-refractivity contribution in [2.45, 2.75) is 12.8 Å². The summed E-state index contributed by atoms with van der Waals surface area (Å²) in [5, 5.41) is 7.34. The fourth-order valence-corrected chi connectivity index (χ4v) is 1.54. The Kier molecular flexibility index (Phi) is 4.10. The number of ketones is 1. The van der Waals surface area contributed by atoms with Gasteiger partial charge in [-0.25, -0.2) is 0 Å². The molecule has 1 rings (SSSR count). The van der Waals surface area contributed by atoms with Gasteiger partial charge < -0.3 is 5.32 Å². The summed E-state index contributed by atoms with van der Waals surface area (Å²) in [6.07, 6.45) is 2.81. The van der Waals surface area contributed by atoms with Gasteiger partial charge in [-0.05, 0) is 20.0 Å². The zero-order valence-electron chi connectivity index (χ0n) is 8.38. The standard InChI is InChI=1S/C9H14ClN3O/c1-11-5-3-4-8(14)9-7(10)6-12-13(9)2/h6,11H,3-5H2,1-2H3. The summed E-state index contributed by atoms with van der Waals surface area (Å²) in [7, 11) is 3.58. The van der Waals surface area contributed by atoms with E-state index in [4.69, 9.17) is 11.6 Å². The van der Waals surface area contributed by atoms with Crippen LogP contribution < -0.4 is 5.32 Å². The van der Waals surface area contributed by atoms with E-state index in [9.17, 15) is 4.79 Å². The number of hydrogen-bond acceptors (Lipinski definition) is 3. The third kappa shape index (κ3) is 2.56. The van der Waals surface area contributed by atoms with E-state index in [1.165, 1.54) is 10.9 Å². The fraction of sp³-hybridized carbons (Fsp3) is 0.556. The summed E-state index contributed by atoms with van der Waals surface area (Å²) in [5.74, 6) is 0.0465. The molecule has 0 fully saturated rings. The number of halogens is 1. The summed E-state index contributed by atoms with van der Waals surface area (Å²) in [4.78, 5) is 11.6. The Morgan fingerprint density at radius 3 is 2.93 bits per heavy atom. The first-order chi connectivity index (χ1) is 6.66. The van der Waals surface area contributed by atoms with Crippen molar-refractivity contribution >= 4 is 17.4 Å². The molecule has 14 heavy (non-hydrogen) atoms. The Bertz CT molecular complexity index is 302. The molecule has 0 aliphatic heterocycles. The average molecular weight is 216 g/mol. The minimum atomic E-state index is 0.0465. The molecule has 0 saturated carbocycles. The molecule has 1 heterocycles. The summed E-state index contributed by atoms with van der Waals surface area (Å²) < 4.78 is 1.52. The smallest absolute Gasteiger partial charge is 0.182 e. The Hall–Kier alpha value is -0.870. The first kappa shape index (κ1) is 11.2. The van der Waals surface area contributed by atoms with Crippen molar-refractivity contribution in [3.8, 4) is 0 Å². The summed E-state index contributed by atoms with van der Waals surface area (Å²) in [6, 6.07) is 0. The van der Waals surface area contributed by atoms with Gasteiger partial charge in [0.2, 0.25) is 0 Å². The molecule has 0 aliphatic rings. The van der Waals surface area contributed by atoms with Crippen LogP contribution in [0.5, 0.6) is 0 Å². The number of nitrogens with zero attached hydrogens (tertiary/aromatic N) is 2. The number of carbonyl (C=O) groups excluding carboxylic acids is 1. The van der Waals surface area contributed by atoms with Crippen LogP contribution in [0.4, 0.5) is 0 Å². The highest BCUT2D eigenvalue weighted by atomic mass is 35.5. The van der Waals surface area contributed by atoms with E-state index in [0.29, 0.717) is 17.1 Å². The molecule has 0 atom stereocenters. The van der Waals surface area contributed by atoms with Crippen LogP contribution in [0.2, 0.25) is 5.02 Å². The number of rotatable bonds is 5. The molecular formula is C9H14ClN3O. The maximum absolute atomic E-state index is 11.6. The monoisotopic (exact) mass is 215 g/mol. The SMILES string of the molecule is CNCCCC(=O)c1c(Cl)cnn1C. The van der Waals surface area contributed by atoms with Crippen molar-refractivity contribution in [1.82, 2.24) is 15.1 Å². The molecule has 0 aliphatic carbocycles. The van der Waals surface area contributed by atoms with Crippen molar-refractivity contribution in [3.05, 3.63) is 16.9 Å². The quantitative estimate of drug-likeness (QED) is 0.594. The topological polar surface area (TPSA) is 46.9 Å². The van der Waals surface area contributed by atoms with Gasteiger partial charge in [0.05, 0.1) is 11.2 Å². The van der Waals surface area contributed by atoms with Crippen molar-refractivity contribution in [1.29, 1.82) is 0 Å². The lowest BCUT2D eigenvalue weighted by Crippen LogP contribution is -2.12. The van der Waals surface area contributed by atoms with Gasteiger partial charge in [0, 0.05) is 13.5 Å². The van der Waals surface area contributed by atoms with Crippen LogP contribution in [0.15, 0.2) is 6.20 Å². The number of aryl methyl sites for hydroxylation is 1. The van der Waals surface area contributed by atoms with E-state index in [1.807, 2.05) is 7.05 Å². The highest BCUT2D eigenvalue weighted by Crippen LogP contribution is 2.16. The van der Waals surface area contributed by atoms with Crippen LogP contribution in [0.3, 0.4) is 0 Å². The van der Waals surface area contributed by atoms with E-state index >= 15 is 0 Å². The second-order valence-electron chi connectivity index (χ2n) is 3.10. The number of nitrogens with one attached hydrogen (secondary N) is 1. The second kappa shape index (κ2) is 5.12. The van der Waals surface area contributed by atoms with Crippen molar-refractivity contribution < 1.29 is 4.79 Å². The zero-order valence-corrected chi connectivity index (χ0v) is 9.14. The van der Waals surface area contributed by atoms with Crippen LogP contribution >= 0.6 is 11.6 Å². The first-order valence-electron chi connectivity index (χ1n) is 4.52. The minimum Gasteiger partial charge on any atom is -0.320 e. The van der Waals surface area contributed by atoms with Gasteiger partial charge in [-0.2, -0.15) is 5.10 Å². The van der Waals surface area contributed by atoms with Gasteiger partial charge >= 0.3 is 0 Å². The molecule has 4 nitrogen and oxygen atoms in total. The molecule has 1 N–H and O–H groups in total. The number of carbonyl (C=O) groups is 1. The minimum absolute atomic E-state index is 0.0465. The third-order valence-corrected chi connectivity index (χ3v) is 2.27. The predicted molar refractivity (Wildman–Crippen MR) is 55.7 cm³/mol. The van der Waals surface area contributed by atoms with Gasteiger partial charge in [-0.1, -0.05) is 11.6 Å². The lowest BCUT2D eigenvalue weighted by molar-refractivity contribution is 0.0971. The number of hydrogen-bond donors (Lipinski definition) is 1. The molecule has 0 unspecified atom stereocenters. The molecule has 78 valence electrons. The molecule has 0 saturated heterocycles. The summed E-state index contributed by atoms with van der Waals surface area (Å²) in [6.45, 7) is 0.835. The highest BCUT2D eigenvalue weighted by Gasteiger charge is 2.14. The molecular weight excluding hydrogens is 202 g/mol. The molecule has 0 bridgehead atoms.